The molecule has 0 aliphatic carbocycles. The lowest BCUT2D eigenvalue weighted by Gasteiger charge is -2.19. The molecule has 2 aliphatic rings. The van der Waals surface area contributed by atoms with E-state index in [4.69, 9.17) is 0 Å². The lowest BCUT2D eigenvalue weighted by Crippen LogP contribution is -2.25. The van der Waals surface area contributed by atoms with Gasteiger partial charge < -0.3 is 4.90 Å². The maximum absolute atomic E-state index is 11.9. The molecule has 1 amide bonds. The van der Waals surface area contributed by atoms with Gasteiger partial charge in [-0.15, -0.1) is 0 Å². The Bertz CT molecular complexity index is 471. The van der Waals surface area contributed by atoms with Crippen molar-refractivity contribution in [3.8, 4) is 0 Å². The molecule has 19 heavy (non-hydrogen) atoms. The van der Waals surface area contributed by atoms with Crippen LogP contribution in [-0.2, 0) is 11.3 Å². The van der Waals surface area contributed by atoms with Crippen LogP contribution < -0.4 is 4.90 Å². The lowest BCUT2D eigenvalue weighted by molar-refractivity contribution is -0.117. The van der Waals surface area contributed by atoms with Gasteiger partial charge in [-0.1, -0.05) is 12.1 Å². The van der Waals surface area contributed by atoms with E-state index in [0.717, 1.165) is 18.8 Å². The smallest absolute Gasteiger partial charge is 0.228 e. The highest BCUT2D eigenvalue weighted by atomic mass is 32.1. The molecule has 0 N–H and O–H groups in total. The molecular weight excluding hydrogens is 256 g/mol. The van der Waals surface area contributed by atoms with Crippen molar-refractivity contribution in [2.24, 2.45) is 0 Å². The summed E-state index contributed by atoms with van der Waals surface area (Å²) in [5, 5.41) is 0.176. The van der Waals surface area contributed by atoms with Gasteiger partial charge in [0.1, 0.15) is 0 Å². The summed E-state index contributed by atoms with van der Waals surface area (Å²) in [6.45, 7) is 4.13. The maximum atomic E-state index is 11.9. The van der Waals surface area contributed by atoms with Crippen molar-refractivity contribution in [2.75, 3.05) is 24.5 Å². The molecule has 0 aromatic heterocycles. The molecule has 0 bridgehead atoms. The summed E-state index contributed by atoms with van der Waals surface area (Å²) in [6.07, 6.45) is 3.18. The van der Waals surface area contributed by atoms with Crippen molar-refractivity contribution in [3.63, 3.8) is 0 Å². The Morgan fingerprint density at radius 1 is 1.26 bits per heavy atom. The quantitative estimate of drug-likeness (QED) is 0.857. The van der Waals surface area contributed by atoms with Gasteiger partial charge in [0.15, 0.2) is 0 Å². The number of hydrogen-bond acceptors (Lipinski definition) is 3. The Kier molecular flexibility index (Phi) is 3.80. The van der Waals surface area contributed by atoms with Gasteiger partial charge in [-0.3, -0.25) is 9.69 Å². The van der Waals surface area contributed by atoms with Gasteiger partial charge in [0.05, 0.1) is 0 Å². The molecule has 0 saturated carbocycles. The SMILES string of the molecule is O=C1CC(S)CN1c1cccc(CN2CCCC2)c1. The van der Waals surface area contributed by atoms with E-state index >= 15 is 0 Å². The fraction of sp³-hybridized carbons (Fsp3) is 0.533. The Morgan fingerprint density at radius 2 is 2.05 bits per heavy atom. The predicted molar refractivity (Wildman–Crippen MR) is 80.7 cm³/mol. The average Bonchev–Trinajstić information content (AvgIpc) is 2.99. The first-order valence-electron chi connectivity index (χ1n) is 7.02. The number of carbonyl (C=O) groups is 1. The molecule has 4 heteroatoms. The monoisotopic (exact) mass is 276 g/mol. The molecule has 1 aromatic rings. The van der Waals surface area contributed by atoms with Crippen molar-refractivity contribution in [2.45, 2.75) is 31.1 Å². The summed E-state index contributed by atoms with van der Waals surface area (Å²) in [4.78, 5) is 16.3. The fourth-order valence-electron chi connectivity index (χ4n) is 2.96. The standard InChI is InChI=1S/C15H20N2OS/c18-15-9-14(19)11-17(15)13-5-3-4-12(8-13)10-16-6-1-2-7-16/h3-5,8,14,19H,1-2,6-7,9-11H2. The van der Waals surface area contributed by atoms with E-state index in [2.05, 4.69) is 35.7 Å². The molecule has 0 spiro atoms. The molecular formula is C15H20N2OS. The van der Waals surface area contributed by atoms with Crippen LogP contribution in [-0.4, -0.2) is 35.7 Å². The van der Waals surface area contributed by atoms with Gasteiger partial charge >= 0.3 is 0 Å². The molecule has 2 heterocycles. The second-order valence-electron chi connectivity index (χ2n) is 5.52. The average molecular weight is 276 g/mol. The van der Waals surface area contributed by atoms with Crippen molar-refractivity contribution in [3.05, 3.63) is 29.8 Å². The molecule has 1 aromatic carbocycles. The van der Waals surface area contributed by atoms with E-state index in [-0.39, 0.29) is 11.2 Å². The topological polar surface area (TPSA) is 23.6 Å². The zero-order valence-corrected chi connectivity index (χ0v) is 12.0. The van der Waals surface area contributed by atoms with Gasteiger partial charge in [0.25, 0.3) is 0 Å². The molecule has 2 aliphatic heterocycles. The minimum atomic E-state index is 0.176. The Labute approximate surface area is 120 Å². The number of anilines is 1. The highest BCUT2D eigenvalue weighted by Gasteiger charge is 2.28. The van der Waals surface area contributed by atoms with Crippen molar-refractivity contribution in [1.29, 1.82) is 0 Å². The second kappa shape index (κ2) is 5.55. The zero-order chi connectivity index (χ0) is 13.2. The molecule has 102 valence electrons. The maximum Gasteiger partial charge on any atom is 0.228 e. The third-order valence-corrected chi connectivity index (χ3v) is 4.28. The van der Waals surface area contributed by atoms with Gasteiger partial charge in [-0.05, 0) is 43.6 Å². The second-order valence-corrected chi connectivity index (χ2v) is 6.25. The van der Waals surface area contributed by atoms with Crippen LogP contribution in [0.4, 0.5) is 5.69 Å². The largest absolute Gasteiger partial charge is 0.311 e. The first kappa shape index (κ1) is 13.0. The molecule has 1 atom stereocenters. The summed E-state index contributed by atoms with van der Waals surface area (Å²) in [6, 6.07) is 8.39. The minimum Gasteiger partial charge on any atom is -0.311 e. The Morgan fingerprint density at radius 3 is 2.74 bits per heavy atom. The van der Waals surface area contributed by atoms with Crippen LogP contribution in [0, 0.1) is 0 Å². The number of amides is 1. The summed E-state index contributed by atoms with van der Waals surface area (Å²) in [5.74, 6) is 0.193. The summed E-state index contributed by atoms with van der Waals surface area (Å²) < 4.78 is 0. The van der Waals surface area contributed by atoms with Crippen LogP contribution in [0.15, 0.2) is 24.3 Å². The van der Waals surface area contributed by atoms with E-state index < -0.39 is 0 Å². The van der Waals surface area contributed by atoms with Crippen LogP contribution >= 0.6 is 12.6 Å². The van der Waals surface area contributed by atoms with E-state index in [0.29, 0.717) is 6.42 Å². The first-order chi connectivity index (χ1) is 9.22. The van der Waals surface area contributed by atoms with Gasteiger partial charge in [0, 0.05) is 30.4 Å². The third kappa shape index (κ3) is 2.95. The Balaban J connectivity index is 1.74. The predicted octanol–water partition coefficient (Wildman–Crippen LogP) is 2.32. The van der Waals surface area contributed by atoms with Gasteiger partial charge in [-0.25, -0.2) is 0 Å². The zero-order valence-electron chi connectivity index (χ0n) is 11.1. The number of rotatable bonds is 3. The van der Waals surface area contributed by atoms with Crippen LogP contribution in [0.5, 0.6) is 0 Å². The first-order valence-corrected chi connectivity index (χ1v) is 7.54. The van der Waals surface area contributed by atoms with E-state index in [1.54, 1.807) is 0 Å². The van der Waals surface area contributed by atoms with E-state index in [9.17, 15) is 4.79 Å². The molecule has 0 radical (unpaired) electrons. The number of carbonyl (C=O) groups excluding carboxylic acids is 1. The summed E-state index contributed by atoms with van der Waals surface area (Å²) >= 11 is 4.41. The molecule has 1 unspecified atom stereocenters. The highest BCUT2D eigenvalue weighted by Crippen LogP contribution is 2.25. The number of thiol groups is 1. The molecule has 2 fully saturated rings. The van der Waals surface area contributed by atoms with Crippen LogP contribution in [0.25, 0.3) is 0 Å². The highest BCUT2D eigenvalue weighted by molar-refractivity contribution is 7.81. The van der Waals surface area contributed by atoms with Gasteiger partial charge in [-0.2, -0.15) is 12.6 Å². The Hall–Kier alpha value is -1.00. The van der Waals surface area contributed by atoms with Gasteiger partial charge in [0.2, 0.25) is 5.91 Å². The van der Waals surface area contributed by atoms with E-state index in [1.807, 2.05) is 11.0 Å². The fourth-order valence-corrected chi connectivity index (χ4v) is 3.28. The minimum absolute atomic E-state index is 0.176. The number of benzene rings is 1. The normalized spacial score (nSPS) is 24.4. The number of nitrogens with zero attached hydrogens (tertiary/aromatic N) is 2. The molecule has 3 rings (SSSR count). The molecule has 3 nitrogen and oxygen atoms in total. The molecule has 2 saturated heterocycles. The summed E-state index contributed by atoms with van der Waals surface area (Å²) in [7, 11) is 0. The summed E-state index contributed by atoms with van der Waals surface area (Å²) in [5.41, 5.74) is 2.33. The van der Waals surface area contributed by atoms with Crippen molar-refractivity contribution < 1.29 is 4.79 Å². The lowest BCUT2D eigenvalue weighted by atomic mass is 10.2. The number of likely N-dealkylation sites (tertiary alicyclic amines) is 1. The van der Waals surface area contributed by atoms with Crippen LogP contribution in [0.3, 0.4) is 0 Å². The van der Waals surface area contributed by atoms with Crippen molar-refractivity contribution >= 4 is 24.2 Å². The number of hydrogen-bond donors (Lipinski definition) is 1. The van der Waals surface area contributed by atoms with Crippen molar-refractivity contribution in [1.82, 2.24) is 4.90 Å². The third-order valence-electron chi connectivity index (χ3n) is 3.93. The van der Waals surface area contributed by atoms with E-state index in [1.165, 1.54) is 31.5 Å². The van der Waals surface area contributed by atoms with Crippen LogP contribution in [0.1, 0.15) is 24.8 Å². The van der Waals surface area contributed by atoms with Crippen LogP contribution in [0.2, 0.25) is 0 Å².